The van der Waals surface area contributed by atoms with Crippen molar-refractivity contribution in [2.75, 3.05) is 6.61 Å². The van der Waals surface area contributed by atoms with Crippen LogP contribution in [0.2, 0.25) is 10.3 Å². The van der Waals surface area contributed by atoms with Crippen LogP contribution in [-0.2, 0) is 24.8 Å². The molecule has 6 aromatic rings. The predicted octanol–water partition coefficient (Wildman–Crippen LogP) is 5.44. The molecule has 0 aliphatic heterocycles. The molecule has 0 unspecified atom stereocenters. The predicted molar refractivity (Wildman–Crippen MR) is 169 cm³/mol. The number of carbonyl (C=O) groups excluding carboxylic acids is 1. The molecule has 0 saturated carbocycles. The summed E-state index contributed by atoms with van der Waals surface area (Å²) in [6.45, 7) is 5.10. The molecule has 0 aliphatic carbocycles. The normalized spacial score (nSPS) is 11.8. The molecule has 0 amide bonds. The summed E-state index contributed by atoms with van der Waals surface area (Å²) in [6, 6.07) is 16.0. The van der Waals surface area contributed by atoms with Crippen molar-refractivity contribution in [2.24, 2.45) is 0 Å². The fourth-order valence-corrected chi connectivity index (χ4v) is 8.10. The zero-order valence-corrected chi connectivity index (χ0v) is 27.1. The van der Waals surface area contributed by atoms with Gasteiger partial charge in [0, 0.05) is 6.20 Å². The van der Waals surface area contributed by atoms with Gasteiger partial charge in [-0.3, -0.25) is 0 Å². The average molecular weight is 688 g/mol. The number of aryl methyl sites for hydroxylation is 2. The van der Waals surface area contributed by atoms with E-state index in [1.165, 1.54) is 24.7 Å². The Kier molecular flexibility index (Phi) is 8.94. The largest absolute Gasteiger partial charge is 0.461 e. The quantitative estimate of drug-likeness (QED) is 0.163. The van der Waals surface area contributed by atoms with Crippen molar-refractivity contribution in [3.63, 3.8) is 0 Å². The molecule has 12 nitrogen and oxygen atoms in total. The maximum atomic E-state index is 13.2. The molecular formula is C29H24Cl2N6O6S2. The summed E-state index contributed by atoms with van der Waals surface area (Å²) >= 11 is 12.1. The van der Waals surface area contributed by atoms with Gasteiger partial charge in [0.2, 0.25) is 0 Å². The van der Waals surface area contributed by atoms with Crippen LogP contribution in [-0.4, -0.2) is 57.3 Å². The highest BCUT2D eigenvalue weighted by atomic mass is 35.5. The van der Waals surface area contributed by atoms with Crippen molar-refractivity contribution >= 4 is 71.3 Å². The Balaban J connectivity index is 0.000000182. The SMILES string of the molecule is CCOC(=O)c1c(C)c2c(Cl)ncnc2n1S(=O)(=O)c1ccccc1.Cc1cn(S(=O)(=O)c2ccccc2)c2ncnc(Cl)c12. The molecule has 0 N–H and O–H groups in total. The molecular weight excluding hydrogens is 663 g/mol. The van der Waals surface area contributed by atoms with E-state index in [1.54, 1.807) is 69.3 Å². The second-order valence-electron chi connectivity index (χ2n) is 9.43. The van der Waals surface area contributed by atoms with Crippen LogP contribution >= 0.6 is 23.2 Å². The summed E-state index contributed by atoms with van der Waals surface area (Å²) in [7, 11) is -7.78. The van der Waals surface area contributed by atoms with Crippen LogP contribution in [0.25, 0.3) is 22.1 Å². The Morgan fingerprint density at radius 1 is 0.756 bits per heavy atom. The molecule has 0 spiro atoms. The Labute approximate surface area is 268 Å². The number of carbonyl (C=O) groups is 1. The van der Waals surface area contributed by atoms with Gasteiger partial charge in [0.25, 0.3) is 20.0 Å². The smallest absolute Gasteiger partial charge is 0.356 e. The van der Waals surface area contributed by atoms with Crippen molar-refractivity contribution in [1.82, 2.24) is 27.9 Å². The van der Waals surface area contributed by atoms with Crippen LogP contribution in [0.1, 0.15) is 28.5 Å². The Morgan fingerprint density at radius 3 is 1.82 bits per heavy atom. The lowest BCUT2D eigenvalue weighted by atomic mass is 10.2. The van der Waals surface area contributed by atoms with E-state index in [1.807, 2.05) is 0 Å². The second-order valence-corrected chi connectivity index (χ2v) is 13.7. The van der Waals surface area contributed by atoms with E-state index in [0.29, 0.717) is 21.9 Å². The maximum absolute atomic E-state index is 13.2. The van der Waals surface area contributed by atoms with E-state index in [2.05, 4.69) is 19.9 Å². The number of hydrogen-bond donors (Lipinski definition) is 0. The van der Waals surface area contributed by atoms with Crippen LogP contribution in [0.3, 0.4) is 0 Å². The summed E-state index contributed by atoms with van der Waals surface area (Å²) in [4.78, 5) is 28.5. The molecule has 45 heavy (non-hydrogen) atoms. The third-order valence-electron chi connectivity index (χ3n) is 6.65. The first-order valence-corrected chi connectivity index (χ1v) is 16.8. The van der Waals surface area contributed by atoms with Gasteiger partial charge >= 0.3 is 5.97 Å². The van der Waals surface area contributed by atoms with Gasteiger partial charge in [-0.2, -0.15) is 0 Å². The third kappa shape index (κ3) is 5.77. The van der Waals surface area contributed by atoms with Crippen molar-refractivity contribution < 1.29 is 26.4 Å². The summed E-state index contributed by atoms with van der Waals surface area (Å²) in [5.41, 5.74) is 1.24. The van der Waals surface area contributed by atoms with Gasteiger partial charge in [0.05, 0.1) is 27.2 Å². The summed E-state index contributed by atoms with van der Waals surface area (Å²) in [5.74, 6) is -0.770. The first kappa shape index (κ1) is 32.0. The van der Waals surface area contributed by atoms with Gasteiger partial charge in [0.1, 0.15) is 28.7 Å². The highest BCUT2D eigenvalue weighted by molar-refractivity contribution is 7.90. The van der Waals surface area contributed by atoms with Crippen LogP contribution in [0.5, 0.6) is 0 Å². The number of esters is 1. The fourth-order valence-electron chi connectivity index (χ4n) is 4.63. The van der Waals surface area contributed by atoms with Gasteiger partial charge in [0.15, 0.2) is 11.3 Å². The number of fused-ring (bicyclic) bond motifs is 2. The molecule has 0 saturated heterocycles. The monoisotopic (exact) mass is 686 g/mol. The van der Waals surface area contributed by atoms with Crippen molar-refractivity contribution in [1.29, 1.82) is 0 Å². The molecule has 4 heterocycles. The molecule has 0 fully saturated rings. The minimum atomic E-state index is -4.09. The summed E-state index contributed by atoms with van der Waals surface area (Å²) in [6.07, 6.45) is 3.91. The van der Waals surface area contributed by atoms with Gasteiger partial charge in [-0.05, 0) is 56.2 Å². The standard InChI is InChI=1S/C16H14ClN3O4S.C13H10ClN3O2S/c1-3-24-16(21)13-10(2)12-14(17)18-9-19-15(12)20(13)25(22,23)11-7-5-4-6-8-11;1-9-7-17(13-11(9)12(14)15-8-16-13)20(18,19)10-5-3-2-4-6-10/h4-9H,3H2,1-2H3;2-8H,1H3. The third-order valence-corrected chi connectivity index (χ3v) is 10.6. The van der Waals surface area contributed by atoms with E-state index in [-0.39, 0.29) is 43.7 Å². The van der Waals surface area contributed by atoms with Crippen LogP contribution < -0.4 is 0 Å². The molecule has 16 heteroatoms. The van der Waals surface area contributed by atoms with E-state index >= 15 is 0 Å². The van der Waals surface area contributed by atoms with E-state index in [4.69, 9.17) is 27.9 Å². The lowest BCUT2D eigenvalue weighted by Crippen LogP contribution is -2.21. The highest BCUT2D eigenvalue weighted by Crippen LogP contribution is 2.32. The Morgan fingerprint density at radius 2 is 1.27 bits per heavy atom. The number of benzene rings is 2. The first-order chi connectivity index (χ1) is 21.4. The van der Waals surface area contributed by atoms with Gasteiger partial charge in [-0.1, -0.05) is 59.6 Å². The topological polar surface area (TPSA) is 156 Å². The molecule has 0 radical (unpaired) electrons. The van der Waals surface area contributed by atoms with Crippen molar-refractivity contribution in [3.8, 4) is 0 Å². The average Bonchev–Trinajstić information content (AvgIpc) is 3.55. The zero-order valence-electron chi connectivity index (χ0n) is 23.9. The number of halogens is 2. The Hall–Kier alpha value is -4.37. The maximum Gasteiger partial charge on any atom is 0.356 e. The molecule has 0 atom stereocenters. The molecule has 232 valence electrons. The van der Waals surface area contributed by atoms with Gasteiger partial charge < -0.3 is 4.74 Å². The van der Waals surface area contributed by atoms with E-state index < -0.39 is 26.0 Å². The Bertz CT molecular complexity index is 2270. The molecule has 6 rings (SSSR count). The van der Waals surface area contributed by atoms with Crippen molar-refractivity contribution in [2.45, 2.75) is 30.6 Å². The van der Waals surface area contributed by atoms with E-state index in [0.717, 1.165) is 14.3 Å². The minimum absolute atomic E-state index is 0.0205. The zero-order chi connectivity index (χ0) is 32.5. The van der Waals surface area contributed by atoms with Gasteiger partial charge in [-0.15, -0.1) is 0 Å². The van der Waals surface area contributed by atoms with Crippen LogP contribution in [0.15, 0.2) is 89.3 Å². The number of hydrogen-bond acceptors (Lipinski definition) is 10. The lowest BCUT2D eigenvalue weighted by molar-refractivity contribution is 0.0517. The highest BCUT2D eigenvalue weighted by Gasteiger charge is 2.32. The minimum Gasteiger partial charge on any atom is -0.461 e. The molecule has 4 aromatic heterocycles. The first-order valence-electron chi connectivity index (χ1n) is 13.2. The molecule has 0 bridgehead atoms. The fraction of sp³-hybridized carbons (Fsp3) is 0.138. The summed E-state index contributed by atoms with van der Waals surface area (Å²) < 4.78 is 58.6. The second kappa shape index (κ2) is 12.6. The molecule has 0 aliphatic rings. The molecule has 2 aromatic carbocycles. The number of ether oxygens (including phenoxy) is 1. The van der Waals surface area contributed by atoms with E-state index in [9.17, 15) is 21.6 Å². The lowest BCUT2D eigenvalue weighted by Gasteiger charge is -2.11. The number of nitrogens with zero attached hydrogens (tertiary/aromatic N) is 6. The number of rotatable bonds is 6. The number of aromatic nitrogens is 6. The van der Waals surface area contributed by atoms with Crippen molar-refractivity contribution in [3.05, 3.63) is 107 Å². The van der Waals surface area contributed by atoms with Crippen LogP contribution in [0, 0.1) is 13.8 Å². The van der Waals surface area contributed by atoms with Crippen LogP contribution in [0.4, 0.5) is 0 Å². The summed E-state index contributed by atoms with van der Waals surface area (Å²) in [5, 5.41) is 1.16. The van der Waals surface area contributed by atoms with Gasteiger partial charge in [-0.25, -0.2) is 49.5 Å².